The van der Waals surface area contributed by atoms with Crippen molar-refractivity contribution in [3.8, 4) is 0 Å². The van der Waals surface area contributed by atoms with Gasteiger partial charge in [0.1, 0.15) is 5.83 Å². The van der Waals surface area contributed by atoms with Crippen molar-refractivity contribution in [1.29, 1.82) is 0 Å². The number of sulfone groups is 1. The zero-order valence-electron chi connectivity index (χ0n) is 16.0. The monoisotopic (exact) mass is 413 g/mol. The van der Waals surface area contributed by atoms with Crippen molar-refractivity contribution >= 4 is 21.4 Å². The van der Waals surface area contributed by atoms with E-state index < -0.39 is 15.1 Å². The summed E-state index contributed by atoms with van der Waals surface area (Å²) in [6.45, 7) is 7.17. The molecular weight excluding hydrogens is 389 g/mol. The van der Waals surface area contributed by atoms with Crippen LogP contribution in [-0.4, -0.2) is 30.0 Å². The van der Waals surface area contributed by atoms with Gasteiger partial charge in [-0.25, -0.2) is 12.8 Å². The van der Waals surface area contributed by atoms with Gasteiger partial charge in [-0.15, -0.1) is 0 Å². The average molecular weight is 414 g/mol. The number of aryl methyl sites for hydroxylation is 1. The maximum atomic E-state index is 13.8. The summed E-state index contributed by atoms with van der Waals surface area (Å²) in [5.41, 5.74) is 8.81. The lowest BCUT2D eigenvalue weighted by atomic mass is 10.0. The molecule has 27 heavy (non-hydrogen) atoms. The smallest absolute Gasteiger partial charge is 0.182 e. The van der Waals surface area contributed by atoms with Crippen LogP contribution in [0.1, 0.15) is 36.4 Å². The summed E-state index contributed by atoms with van der Waals surface area (Å²) in [5, 5.41) is 4.06. The molecule has 0 aliphatic heterocycles. The average Bonchev–Trinajstić information content (AvgIpc) is 2.82. The fourth-order valence-electron chi connectivity index (χ4n) is 2.82. The van der Waals surface area contributed by atoms with Gasteiger partial charge in [0.15, 0.2) is 9.84 Å². The maximum Gasteiger partial charge on any atom is 0.182 e. The normalized spacial score (nSPS) is 12.8. The van der Waals surface area contributed by atoms with Crippen molar-refractivity contribution in [2.75, 3.05) is 6.54 Å². The molecule has 148 valence electrons. The van der Waals surface area contributed by atoms with Crippen molar-refractivity contribution in [3.05, 3.63) is 57.6 Å². The summed E-state index contributed by atoms with van der Waals surface area (Å²) >= 11 is 6.24. The van der Waals surface area contributed by atoms with Crippen LogP contribution < -0.4 is 5.73 Å². The highest BCUT2D eigenvalue weighted by Crippen LogP contribution is 2.28. The summed E-state index contributed by atoms with van der Waals surface area (Å²) in [5.74, 6) is -0.332. The fraction of sp³-hybridized carbons (Fsp3) is 0.421. The van der Waals surface area contributed by atoms with Gasteiger partial charge in [-0.3, -0.25) is 4.68 Å². The van der Waals surface area contributed by atoms with Gasteiger partial charge in [0.05, 0.1) is 27.4 Å². The Morgan fingerprint density at radius 2 is 2.04 bits per heavy atom. The number of aromatic nitrogens is 2. The predicted octanol–water partition coefficient (Wildman–Crippen LogP) is 3.74. The molecule has 0 aliphatic carbocycles. The first-order valence-corrected chi connectivity index (χ1v) is 10.6. The minimum atomic E-state index is -3.43. The Morgan fingerprint density at radius 3 is 2.59 bits per heavy atom. The van der Waals surface area contributed by atoms with Crippen LogP contribution in [0.4, 0.5) is 4.39 Å². The van der Waals surface area contributed by atoms with E-state index >= 15 is 0 Å². The van der Waals surface area contributed by atoms with E-state index in [4.69, 9.17) is 17.3 Å². The standard InChI is InChI=1S/C19H25ClFN3O2S/c1-12(2)27(25,26)19-6-5-15(10-18(19)20)9-17-13(3)23-24(14(17)4)11-16(21)7-8-22/h5-7,10,12H,8-9,11,22H2,1-4H3/b16-7-. The predicted molar refractivity (Wildman–Crippen MR) is 107 cm³/mol. The van der Waals surface area contributed by atoms with E-state index in [2.05, 4.69) is 5.10 Å². The lowest BCUT2D eigenvalue weighted by molar-refractivity contribution is 0.517. The van der Waals surface area contributed by atoms with E-state index in [0.29, 0.717) is 6.42 Å². The zero-order valence-corrected chi connectivity index (χ0v) is 17.5. The molecule has 8 heteroatoms. The van der Waals surface area contributed by atoms with E-state index in [0.717, 1.165) is 22.5 Å². The number of hydrogen-bond acceptors (Lipinski definition) is 4. The molecule has 5 nitrogen and oxygen atoms in total. The molecule has 1 heterocycles. The van der Waals surface area contributed by atoms with Crippen molar-refractivity contribution in [3.63, 3.8) is 0 Å². The number of halogens is 2. The van der Waals surface area contributed by atoms with E-state index in [1.807, 2.05) is 13.8 Å². The molecule has 0 atom stereocenters. The molecule has 0 bridgehead atoms. The van der Waals surface area contributed by atoms with E-state index in [9.17, 15) is 12.8 Å². The van der Waals surface area contributed by atoms with Crippen LogP contribution in [0.5, 0.6) is 0 Å². The topological polar surface area (TPSA) is 78.0 Å². The van der Waals surface area contributed by atoms with Crippen molar-refractivity contribution in [2.24, 2.45) is 5.73 Å². The van der Waals surface area contributed by atoms with E-state index in [1.165, 1.54) is 6.08 Å². The third-order valence-electron chi connectivity index (χ3n) is 4.48. The van der Waals surface area contributed by atoms with E-state index in [1.54, 1.807) is 36.7 Å². The molecule has 1 aromatic carbocycles. The van der Waals surface area contributed by atoms with Crippen LogP contribution in [0, 0.1) is 13.8 Å². The van der Waals surface area contributed by atoms with Crippen molar-refractivity contribution in [2.45, 2.75) is 50.8 Å². The Labute approximate surface area is 164 Å². The number of nitrogens with zero attached hydrogens (tertiary/aromatic N) is 2. The van der Waals surface area contributed by atoms with Gasteiger partial charge in [-0.05, 0) is 51.5 Å². The summed E-state index contributed by atoms with van der Waals surface area (Å²) in [6.07, 6.45) is 1.85. The molecule has 0 spiro atoms. The summed E-state index contributed by atoms with van der Waals surface area (Å²) < 4.78 is 40.0. The number of rotatable bonds is 7. The van der Waals surface area contributed by atoms with Gasteiger partial charge >= 0.3 is 0 Å². The minimum absolute atomic E-state index is 0.0379. The highest BCUT2D eigenvalue weighted by atomic mass is 35.5. The van der Waals surface area contributed by atoms with Gasteiger partial charge in [0.2, 0.25) is 0 Å². The molecule has 0 aliphatic rings. The summed E-state index contributed by atoms with van der Waals surface area (Å²) in [6, 6.07) is 4.97. The molecule has 0 amide bonds. The van der Waals surface area contributed by atoms with Crippen LogP contribution in [0.15, 0.2) is 35.0 Å². The molecule has 0 fully saturated rings. The Hall–Kier alpha value is -1.70. The number of benzene rings is 1. The second-order valence-electron chi connectivity index (χ2n) is 6.73. The first-order valence-electron chi connectivity index (χ1n) is 8.67. The first kappa shape index (κ1) is 21.6. The summed E-state index contributed by atoms with van der Waals surface area (Å²) in [7, 11) is -3.43. The maximum absolute atomic E-state index is 13.8. The molecule has 2 aromatic rings. The summed E-state index contributed by atoms with van der Waals surface area (Å²) in [4.78, 5) is 0.140. The molecule has 2 rings (SSSR count). The molecule has 0 radical (unpaired) electrons. The Balaban J connectivity index is 2.32. The second-order valence-corrected chi connectivity index (χ2v) is 9.61. The molecule has 0 saturated heterocycles. The van der Waals surface area contributed by atoms with Gasteiger partial charge in [-0.1, -0.05) is 17.7 Å². The number of nitrogens with two attached hydrogens (primary N) is 1. The third-order valence-corrected chi connectivity index (χ3v) is 7.11. The third kappa shape index (κ3) is 4.78. The van der Waals surface area contributed by atoms with Gasteiger partial charge in [-0.2, -0.15) is 5.10 Å². The molecular formula is C19H25ClFN3O2S. The second kappa shape index (κ2) is 8.54. The minimum Gasteiger partial charge on any atom is -0.327 e. The van der Waals surface area contributed by atoms with Crippen LogP contribution in [0.3, 0.4) is 0 Å². The molecule has 0 unspecified atom stereocenters. The SMILES string of the molecule is Cc1nn(C/C(F)=C/CN)c(C)c1Cc1ccc(S(=O)(=O)C(C)C)c(Cl)c1. The quantitative estimate of drug-likeness (QED) is 0.750. The van der Waals surface area contributed by atoms with Crippen LogP contribution >= 0.6 is 11.6 Å². The van der Waals surface area contributed by atoms with Crippen molar-refractivity contribution in [1.82, 2.24) is 9.78 Å². The molecule has 1 aromatic heterocycles. The van der Waals surface area contributed by atoms with Gasteiger partial charge in [0, 0.05) is 24.2 Å². The first-order chi connectivity index (χ1) is 12.6. The van der Waals surface area contributed by atoms with Crippen LogP contribution in [0.25, 0.3) is 0 Å². The van der Waals surface area contributed by atoms with Crippen molar-refractivity contribution < 1.29 is 12.8 Å². The zero-order chi connectivity index (χ0) is 20.4. The Morgan fingerprint density at radius 1 is 1.37 bits per heavy atom. The Kier molecular flexibility index (Phi) is 6.83. The Bertz CT molecular complexity index is 966. The lowest BCUT2D eigenvalue weighted by Crippen LogP contribution is -2.14. The van der Waals surface area contributed by atoms with Crippen LogP contribution in [0.2, 0.25) is 5.02 Å². The highest BCUT2D eigenvalue weighted by Gasteiger charge is 2.22. The fourth-order valence-corrected chi connectivity index (χ4v) is 4.44. The van der Waals surface area contributed by atoms with Crippen LogP contribution in [-0.2, 0) is 22.8 Å². The van der Waals surface area contributed by atoms with E-state index in [-0.39, 0.29) is 28.8 Å². The molecule has 2 N–H and O–H groups in total. The number of allylic oxidation sites excluding steroid dienone is 1. The number of hydrogen-bond donors (Lipinski definition) is 1. The highest BCUT2D eigenvalue weighted by molar-refractivity contribution is 7.92. The molecule has 0 saturated carbocycles. The van der Waals surface area contributed by atoms with Gasteiger partial charge < -0.3 is 5.73 Å². The largest absolute Gasteiger partial charge is 0.327 e. The van der Waals surface area contributed by atoms with Gasteiger partial charge in [0.25, 0.3) is 0 Å². The lowest BCUT2D eigenvalue weighted by Gasteiger charge is -2.11.